The van der Waals surface area contributed by atoms with Gasteiger partial charge in [0, 0.05) is 25.0 Å². The number of piperidine rings is 1. The summed E-state index contributed by atoms with van der Waals surface area (Å²) in [4.78, 5) is 26.2. The molecule has 0 spiro atoms. The number of alkyl halides is 1. The van der Waals surface area contributed by atoms with Crippen LogP contribution in [0.15, 0.2) is 36.7 Å². The van der Waals surface area contributed by atoms with Gasteiger partial charge in [0.05, 0.1) is 23.8 Å². The van der Waals surface area contributed by atoms with E-state index in [0.29, 0.717) is 41.9 Å². The molecule has 0 radical (unpaired) electrons. The zero-order chi connectivity index (χ0) is 23.4. The Balaban J connectivity index is 1.49. The second kappa shape index (κ2) is 9.39. The third kappa shape index (κ3) is 5.09. The number of hydrogen-bond donors (Lipinski definition) is 3. The lowest BCUT2D eigenvalue weighted by molar-refractivity contribution is 0.100. The van der Waals surface area contributed by atoms with E-state index in [0.717, 1.165) is 0 Å². The topological polar surface area (TPSA) is 159 Å². The Hall–Kier alpha value is -4.40. The SMILES string of the molecule is Cc1nccc(Nc2cc(N[C@@H]3CCN(c4ccc(C#N)nn4)C[C@@H]3F)c(C(N)=O)cn2)n1. The molecule has 0 saturated carbocycles. The number of hydrogen-bond acceptors (Lipinski definition) is 10. The van der Waals surface area contributed by atoms with Crippen LogP contribution in [-0.2, 0) is 0 Å². The smallest absolute Gasteiger partial charge is 0.252 e. The van der Waals surface area contributed by atoms with Crippen molar-refractivity contribution in [3.05, 3.63) is 53.7 Å². The summed E-state index contributed by atoms with van der Waals surface area (Å²) >= 11 is 0. The minimum atomic E-state index is -1.26. The molecule has 1 amide bonds. The zero-order valence-electron chi connectivity index (χ0n) is 17.7. The number of nitrogens with two attached hydrogens (primary N) is 1. The molecule has 168 valence electrons. The summed E-state index contributed by atoms with van der Waals surface area (Å²) in [6.45, 7) is 2.36. The van der Waals surface area contributed by atoms with Gasteiger partial charge in [0.15, 0.2) is 11.5 Å². The Morgan fingerprint density at radius 2 is 2.12 bits per heavy atom. The maximum Gasteiger partial charge on any atom is 0.252 e. The molecular formula is C21H21FN10O. The minimum Gasteiger partial charge on any atom is -0.378 e. The van der Waals surface area contributed by atoms with Crippen LogP contribution in [0.5, 0.6) is 0 Å². The number of nitrogens with zero attached hydrogens (tertiary/aromatic N) is 7. The first-order chi connectivity index (χ1) is 15.9. The summed E-state index contributed by atoms with van der Waals surface area (Å²) in [5.74, 6) is 1.37. The highest BCUT2D eigenvalue weighted by Gasteiger charge is 2.31. The number of nitriles is 1. The normalized spacial score (nSPS) is 17.8. The van der Waals surface area contributed by atoms with Gasteiger partial charge >= 0.3 is 0 Å². The Labute approximate surface area is 188 Å². The number of aryl methyl sites for hydroxylation is 1. The molecule has 1 aliphatic heterocycles. The average Bonchev–Trinajstić information content (AvgIpc) is 2.80. The number of carbonyl (C=O) groups is 1. The summed E-state index contributed by atoms with van der Waals surface area (Å²) < 4.78 is 15.1. The van der Waals surface area contributed by atoms with Gasteiger partial charge in [-0.15, -0.1) is 10.2 Å². The van der Waals surface area contributed by atoms with Crippen LogP contribution in [0.25, 0.3) is 0 Å². The predicted molar refractivity (Wildman–Crippen MR) is 119 cm³/mol. The lowest BCUT2D eigenvalue weighted by Gasteiger charge is -2.36. The Kier molecular flexibility index (Phi) is 6.21. The molecule has 0 aliphatic carbocycles. The van der Waals surface area contributed by atoms with Gasteiger partial charge in [0.25, 0.3) is 5.91 Å². The molecule has 3 aromatic rings. The molecule has 11 nitrogen and oxygen atoms in total. The third-order valence-corrected chi connectivity index (χ3v) is 5.17. The molecule has 3 aromatic heterocycles. The minimum absolute atomic E-state index is 0.0839. The van der Waals surface area contributed by atoms with Crippen LogP contribution in [0.4, 0.5) is 27.5 Å². The van der Waals surface area contributed by atoms with Crippen LogP contribution in [-0.4, -0.2) is 56.4 Å². The molecule has 12 heteroatoms. The van der Waals surface area contributed by atoms with Crippen molar-refractivity contribution in [3.63, 3.8) is 0 Å². The van der Waals surface area contributed by atoms with E-state index < -0.39 is 18.1 Å². The van der Waals surface area contributed by atoms with Gasteiger partial charge in [-0.05, 0) is 31.5 Å². The van der Waals surface area contributed by atoms with Crippen molar-refractivity contribution < 1.29 is 9.18 Å². The van der Waals surface area contributed by atoms with Gasteiger partial charge in [-0.2, -0.15) is 5.26 Å². The average molecular weight is 448 g/mol. The van der Waals surface area contributed by atoms with Gasteiger partial charge in [-0.1, -0.05) is 0 Å². The van der Waals surface area contributed by atoms with Gasteiger partial charge in [-0.25, -0.2) is 19.3 Å². The highest BCUT2D eigenvalue weighted by Crippen LogP contribution is 2.26. The second-order valence-electron chi connectivity index (χ2n) is 7.48. The molecule has 1 fully saturated rings. The lowest BCUT2D eigenvalue weighted by Crippen LogP contribution is -2.48. The summed E-state index contributed by atoms with van der Waals surface area (Å²) in [5, 5.41) is 22.8. The summed E-state index contributed by atoms with van der Waals surface area (Å²) in [6.07, 6.45) is 2.14. The van der Waals surface area contributed by atoms with E-state index in [2.05, 4.69) is 35.8 Å². The molecule has 0 aromatic carbocycles. The fourth-order valence-corrected chi connectivity index (χ4v) is 3.53. The Morgan fingerprint density at radius 1 is 1.27 bits per heavy atom. The van der Waals surface area contributed by atoms with Crippen LogP contribution in [0.2, 0.25) is 0 Å². The van der Waals surface area contributed by atoms with Gasteiger partial charge in [-0.3, -0.25) is 4.79 Å². The molecule has 4 heterocycles. The first kappa shape index (κ1) is 21.8. The molecule has 1 aliphatic rings. The monoisotopic (exact) mass is 448 g/mol. The lowest BCUT2D eigenvalue weighted by atomic mass is 10.0. The van der Waals surface area contributed by atoms with Crippen molar-refractivity contribution in [3.8, 4) is 6.07 Å². The number of halogens is 1. The number of pyridine rings is 1. The molecule has 0 unspecified atom stereocenters. The van der Waals surface area contributed by atoms with Crippen LogP contribution in [0.1, 0.15) is 28.3 Å². The van der Waals surface area contributed by atoms with Crippen molar-refractivity contribution in [2.75, 3.05) is 28.6 Å². The largest absolute Gasteiger partial charge is 0.378 e. The van der Waals surface area contributed by atoms with E-state index in [-0.39, 0.29) is 17.8 Å². The van der Waals surface area contributed by atoms with Gasteiger partial charge < -0.3 is 21.3 Å². The molecule has 4 rings (SSSR count). The van der Waals surface area contributed by atoms with E-state index in [9.17, 15) is 4.79 Å². The Bertz CT molecular complexity index is 1200. The second-order valence-corrected chi connectivity index (χ2v) is 7.48. The predicted octanol–water partition coefficient (Wildman–Crippen LogP) is 1.71. The van der Waals surface area contributed by atoms with E-state index in [4.69, 9.17) is 11.0 Å². The highest BCUT2D eigenvalue weighted by atomic mass is 19.1. The van der Waals surface area contributed by atoms with Crippen LogP contribution in [0, 0.1) is 18.3 Å². The quantitative estimate of drug-likeness (QED) is 0.507. The number of aromatic nitrogens is 5. The van der Waals surface area contributed by atoms with E-state index in [1.165, 1.54) is 6.20 Å². The molecule has 1 saturated heterocycles. The van der Waals surface area contributed by atoms with Crippen LogP contribution < -0.4 is 21.3 Å². The van der Waals surface area contributed by atoms with Crippen molar-refractivity contribution in [2.45, 2.75) is 25.6 Å². The van der Waals surface area contributed by atoms with Crippen LogP contribution >= 0.6 is 0 Å². The highest BCUT2D eigenvalue weighted by molar-refractivity contribution is 5.98. The van der Waals surface area contributed by atoms with Gasteiger partial charge in [0.2, 0.25) is 0 Å². The number of amides is 1. The van der Waals surface area contributed by atoms with Crippen molar-refractivity contribution >= 4 is 29.0 Å². The number of rotatable bonds is 6. The maximum absolute atomic E-state index is 15.1. The van der Waals surface area contributed by atoms with Gasteiger partial charge in [0.1, 0.15) is 29.7 Å². The first-order valence-corrected chi connectivity index (χ1v) is 10.2. The van der Waals surface area contributed by atoms with Crippen LogP contribution in [0.3, 0.4) is 0 Å². The number of nitrogens with one attached hydrogen (secondary N) is 2. The van der Waals surface area contributed by atoms with Crippen molar-refractivity contribution in [1.82, 2.24) is 25.1 Å². The number of anilines is 4. The summed E-state index contributed by atoms with van der Waals surface area (Å²) in [6, 6.07) is 7.83. The molecular weight excluding hydrogens is 427 g/mol. The summed E-state index contributed by atoms with van der Waals surface area (Å²) in [7, 11) is 0. The molecule has 0 bridgehead atoms. The molecule has 4 N–H and O–H groups in total. The first-order valence-electron chi connectivity index (χ1n) is 10.2. The van der Waals surface area contributed by atoms with E-state index in [1.54, 1.807) is 42.3 Å². The number of primary amides is 1. The standard InChI is InChI=1S/C21H21FN10O/c1-12-25-6-4-18(27-12)29-19-8-17(14(10-26-19)21(24)33)28-16-5-7-32(11-15(16)22)20-3-2-13(9-23)30-31-20/h2-4,6,8,10,15-16H,5,7,11H2,1H3,(H2,24,33)(H2,25,26,27,28,29)/t15-,16+/m0/s1. The fraction of sp³-hybridized carbons (Fsp3) is 0.286. The summed E-state index contributed by atoms with van der Waals surface area (Å²) in [5.41, 5.74) is 6.24. The molecule has 33 heavy (non-hydrogen) atoms. The molecule has 2 atom stereocenters. The zero-order valence-corrected chi connectivity index (χ0v) is 17.7. The Morgan fingerprint density at radius 3 is 2.79 bits per heavy atom. The van der Waals surface area contributed by atoms with Crippen molar-refractivity contribution in [1.29, 1.82) is 5.26 Å². The fourth-order valence-electron chi connectivity index (χ4n) is 3.53. The third-order valence-electron chi connectivity index (χ3n) is 5.17. The van der Waals surface area contributed by atoms with E-state index in [1.807, 2.05) is 6.07 Å². The maximum atomic E-state index is 15.1. The van der Waals surface area contributed by atoms with Crippen molar-refractivity contribution in [2.24, 2.45) is 5.73 Å². The number of carbonyl (C=O) groups excluding carboxylic acids is 1. The van der Waals surface area contributed by atoms with E-state index >= 15 is 4.39 Å².